The van der Waals surface area contributed by atoms with E-state index in [9.17, 15) is 4.79 Å². The largest absolute Gasteiger partial charge is 0.378 e. The van der Waals surface area contributed by atoms with Crippen LogP contribution in [0.25, 0.3) is 0 Å². The molecule has 0 unspecified atom stereocenters. The normalized spacial score (nSPS) is 17.4. The van der Waals surface area contributed by atoms with Crippen molar-refractivity contribution >= 4 is 23.2 Å². The van der Waals surface area contributed by atoms with Crippen LogP contribution in [-0.4, -0.2) is 55.3 Å². The van der Waals surface area contributed by atoms with Crippen LogP contribution < -0.4 is 15.1 Å². The van der Waals surface area contributed by atoms with Gasteiger partial charge < -0.3 is 19.9 Å². The molecule has 3 heterocycles. The van der Waals surface area contributed by atoms with E-state index < -0.39 is 0 Å². The van der Waals surface area contributed by atoms with Gasteiger partial charge in [-0.15, -0.1) is 0 Å². The number of morpholine rings is 1. The summed E-state index contributed by atoms with van der Waals surface area (Å²) < 4.78 is 5.37. The van der Waals surface area contributed by atoms with E-state index in [2.05, 4.69) is 25.1 Å². The first-order valence-corrected chi connectivity index (χ1v) is 9.11. The highest BCUT2D eigenvalue weighted by Crippen LogP contribution is 2.20. The van der Waals surface area contributed by atoms with Crippen LogP contribution in [0.4, 0.5) is 17.3 Å². The summed E-state index contributed by atoms with van der Waals surface area (Å²) in [6, 6.07) is 9.50. The highest BCUT2D eigenvalue weighted by Gasteiger charge is 2.16. The van der Waals surface area contributed by atoms with Crippen molar-refractivity contribution in [1.82, 2.24) is 9.97 Å². The van der Waals surface area contributed by atoms with Crippen molar-refractivity contribution in [2.45, 2.75) is 12.8 Å². The number of benzene rings is 1. The fraction of sp³-hybridized carbons (Fsp3) is 0.421. The minimum absolute atomic E-state index is 0.162. The van der Waals surface area contributed by atoms with Crippen molar-refractivity contribution in [3.63, 3.8) is 0 Å². The molecule has 0 spiro atoms. The van der Waals surface area contributed by atoms with Crippen LogP contribution in [0.5, 0.6) is 0 Å². The van der Waals surface area contributed by atoms with Gasteiger partial charge in [-0.3, -0.25) is 4.79 Å². The summed E-state index contributed by atoms with van der Waals surface area (Å²) in [5, 5.41) is 2.87. The molecule has 1 amide bonds. The van der Waals surface area contributed by atoms with Crippen LogP contribution in [0.1, 0.15) is 23.2 Å². The molecule has 7 heteroatoms. The Kier molecular flexibility index (Phi) is 4.97. The quantitative estimate of drug-likeness (QED) is 0.908. The van der Waals surface area contributed by atoms with E-state index in [1.807, 2.05) is 30.3 Å². The van der Waals surface area contributed by atoms with Gasteiger partial charge in [0, 0.05) is 43.5 Å². The summed E-state index contributed by atoms with van der Waals surface area (Å²) in [5.74, 6) is 1.24. The summed E-state index contributed by atoms with van der Waals surface area (Å²) in [4.78, 5) is 25.5. The van der Waals surface area contributed by atoms with Crippen molar-refractivity contribution in [3.8, 4) is 0 Å². The lowest BCUT2D eigenvalue weighted by molar-refractivity contribution is 0.102. The molecule has 0 aliphatic carbocycles. The zero-order valence-electron chi connectivity index (χ0n) is 14.7. The summed E-state index contributed by atoms with van der Waals surface area (Å²) in [6.07, 6.45) is 3.87. The summed E-state index contributed by atoms with van der Waals surface area (Å²) >= 11 is 0. The van der Waals surface area contributed by atoms with E-state index in [-0.39, 0.29) is 5.91 Å². The van der Waals surface area contributed by atoms with Gasteiger partial charge in [-0.05, 0) is 37.1 Å². The van der Waals surface area contributed by atoms with E-state index in [0.29, 0.717) is 11.4 Å². The first-order valence-electron chi connectivity index (χ1n) is 9.11. The van der Waals surface area contributed by atoms with Gasteiger partial charge in [0.05, 0.1) is 13.2 Å². The first kappa shape index (κ1) is 16.8. The zero-order valence-corrected chi connectivity index (χ0v) is 14.7. The lowest BCUT2D eigenvalue weighted by Gasteiger charge is -2.28. The Labute approximate surface area is 153 Å². The zero-order chi connectivity index (χ0) is 17.8. The molecule has 2 fully saturated rings. The standard InChI is InChI=1S/C19H23N5O2/c25-19(15-3-5-16(6-4-15)23-9-11-26-12-10-23)22-17-13-18(21-14-20-17)24-7-1-2-8-24/h3-6,13-14H,1-2,7-12H2,(H,20,21,22,25). The molecular weight excluding hydrogens is 330 g/mol. The second-order valence-corrected chi connectivity index (χ2v) is 6.56. The monoisotopic (exact) mass is 353 g/mol. The Balaban J connectivity index is 1.42. The average molecular weight is 353 g/mol. The second kappa shape index (κ2) is 7.70. The highest BCUT2D eigenvalue weighted by atomic mass is 16.5. The van der Waals surface area contributed by atoms with E-state index in [4.69, 9.17) is 4.74 Å². The van der Waals surface area contributed by atoms with Crippen molar-refractivity contribution in [2.24, 2.45) is 0 Å². The average Bonchev–Trinajstić information content (AvgIpc) is 3.24. The molecule has 2 aromatic rings. The topological polar surface area (TPSA) is 70.6 Å². The van der Waals surface area contributed by atoms with E-state index >= 15 is 0 Å². The van der Waals surface area contributed by atoms with Gasteiger partial charge in [-0.25, -0.2) is 9.97 Å². The number of anilines is 3. The molecule has 4 rings (SSSR count). The van der Waals surface area contributed by atoms with Gasteiger partial charge in [-0.2, -0.15) is 0 Å². The molecule has 1 N–H and O–H groups in total. The first-order chi connectivity index (χ1) is 12.8. The highest BCUT2D eigenvalue weighted by molar-refractivity contribution is 6.04. The number of carbonyl (C=O) groups excluding carboxylic acids is 1. The predicted octanol–water partition coefficient (Wildman–Crippen LogP) is 2.17. The van der Waals surface area contributed by atoms with Crippen LogP contribution in [0.15, 0.2) is 36.7 Å². The number of hydrogen-bond acceptors (Lipinski definition) is 6. The minimum Gasteiger partial charge on any atom is -0.378 e. The second-order valence-electron chi connectivity index (χ2n) is 6.56. The van der Waals surface area contributed by atoms with Crippen LogP contribution in [0.2, 0.25) is 0 Å². The van der Waals surface area contributed by atoms with Crippen LogP contribution in [0.3, 0.4) is 0 Å². The Bertz CT molecular complexity index is 753. The maximum absolute atomic E-state index is 12.5. The molecule has 7 nitrogen and oxygen atoms in total. The number of rotatable bonds is 4. The third kappa shape index (κ3) is 3.77. The number of aromatic nitrogens is 2. The van der Waals surface area contributed by atoms with Crippen molar-refractivity contribution < 1.29 is 9.53 Å². The summed E-state index contributed by atoms with van der Waals surface area (Å²) in [5.41, 5.74) is 1.73. The van der Waals surface area contributed by atoms with Gasteiger partial charge in [0.1, 0.15) is 18.0 Å². The van der Waals surface area contributed by atoms with Gasteiger partial charge in [0.2, 0.25) is 0 Å². The molecule has 2 saturated heterocycles. The Morgan fingerprint density at radius 3 is 2.42 bits per heavy atom. The lowest BCUT2D eigenvalue weighted by atomic mass is 10.1. The molecule has 2 aliphatic rings. The molecular formula is C19H23N5O2. The van der Waals surface area contributed by atoms with E-state index in [0.717, 1.165) is 50.9 Å². The fourth-order valence-corrected chi connectivity index (χ4v) is 3.37. The molecule has 0 radical (unpaired) electrons. The maximum atomic E-state index is 12.5. The maximum Gasteiger partial charge on any atom is 0.256 e. The van der Waals surface area contributed by atoms with Crippen molar-refractivity contribution in [1.29, 1.82) is 0 Å². The summed E-state index contributed by atoms with van der Waals surface area (Å²) in [7, 11) is 0. The lowest BCUT2D eigenvalue weighted by Crippen LogP contribution is -2.36. The molecule has 1 aromatic carbocycles. The number of amides is 1. The molecule has 136 valence electrons. The summed E-state index contributed by atoms with van der Waals surface area (Å²) in [6.45, 7) is 5.27. The minimum atomic E-state index is -0.162. The number of nitrogens with zero attached hydrogens (tertiary/aromatic N) is 4. The number of nitrogens with one attached hydrogen (secondary N) is 1. The smallest absolute Gasteiger partial charge is 0.256 e. The van der Waals surface area contributed by atoms with Gasteiger partial charge in [-0.1, -0.05) is 0 Å². The van der Waals surface area contributed by atoms with Gasteiger partial charge in [0.25, 0.3) is 5.91 Å². The van der Waals surface area contributed by atoms with Crippen molar-refractivity contribution in [2.75, 3.05) is 54.5 Å². The number of hydrogen-bond donors (Lipinski definition) is 1. The van der Waals surface area contributed by atoms with Gasteiger partial charge >= 0.3 is 0 Å². The molecule has 0 saturated carbocycles. The molecule has 1 aromatic heterocycles. The number of carbonyl (C=O) groups is 1. The van der Waals surface area contributed by atoms with Gasteiger partial charge in [0.15, 0.2) is 0 Å². The van der Waals surface area contributed by atoms with Crippen LogP contribution >= 0.6 is 0 Å². The molecule has 0 atom stereocenters. The number of ether oxygens (including phenoxy) is 1. The Morgan fingerprint density at radius 2 is 1.69 bits per heavy atom. The molecule has 2 aliphatic heterocycles. The third-order valence-electron chi connectivity index (χ3n) is 4.83. The Hall–Kier alpha value is -2.67. The fourth-order valence-electron chi connectivity index (χ4n) is 3.37. The van der Waals surface area contributed by atoms with E-state index in [1.54, 1.807) is 0 Å². The SMILES string of the molecule is O=C(Nc1cc(N2CCCC2)ncn1)c1ccc(N2CCOCC2)cc1. The predicted molar refractivity (Wildman–Crippen MR) is 101 cm³/mol. The van der Waals surface area contributed by atoms with Crippen LogP contribution in [-0.2, 0) is 4.74 Å². The van der Waals surface area contributed by atoms with Crippen LogP contribution in [0, 0.1) is 0 Å². The van der Waals surface area contributed by atoms with E-state index in [1.165, 1.54) is 19.2 Å². The third-order valence-corrected chi connectivity index (χ3v) is 4.83. The Morgan fingerprint density at radius 1 is 0.962 bits per heavy atom. The van der Waals surface area contributed by atoms with Crippen molar-refractivity contribution in [3.05, 3.63) is 42.2 Å². The molecule has 0 bridgehead atoms. The molecule has 26 heavy (non-hydrogen) atoms.